The van der Waals surface area contributed by atoms with Gasteiger partial charge in [-0.15, -0.1) is 0 Å². The Kier molecular flexibility index (Phi) is 5.82. The lowest BCUT2D eigenvalue weighted by Crippen LogP contribution is -2.27. The van der Waals surface area contributed by atoms with Crippen LogP contribution in [-0.4, -0.2) is 10.8 Å². The SMILES string of the molecule is O=C(Nc1ccc(Cl)c([N+](=O)[O-])c1)[C@@H](Nc1ccc2ccccc2c1)c1ccccc1. The van der Waals surface area contributed by atoms with Crippen LogP contribution in [0.5, 0.6) is 0 Å². The monoisotopic (exact) mass is 431 g/mol. The van der Waals surface area contributed by atoms with Gasteiger partial charge in [0.05, 0.1) is 4.92 Å². The lowest BCUT2D eigenvalue weighted by Gasteiger charge is -2.20. The highest BCUT2D eigenvalue weighted by molar-refractivity contribution is 6.32. The number of nitrogens with zero attached hydrogens (tertiary/aromatic N) is 1. The van der Waals surface area contributed by atoms with Gasteiger partial charge in [-0.25, -0.2) is 0 Å². The van der Waals surface area contributed by atoms with Crippen LogP contribution in [0.4, 0.5) is 17.1 Å². The second-order valence-corrected chi connectivity index (χ2v) is 7.37. The molecular weight excluding hydrogens is 414 g/mol. The zero-order valence-corrected chi connectivity index (χ0v) is 17.0. The fraction of sp³-hybridized carbons (Fsp3) is 0.0417. The number of carbonyl (C=O) groups excluding carboxylic acids is 1. The second kappa shape index (κ2) is 8.85. The van der Waals surface area contributed by atoms with E-state index in [9.17, 15) is 14.9 Å². The summed E-state index contributed by atoms with van der Waals surface area (Å²) in [5.74, 6) is -0.351. The van der Waals surface area contributed by atoms with Crippen LogP contribution in [0.3, 0.4) is 0 Å². The second-order valence-electron chi connectivity index (χ2n) is 6.96. The quantitative estimate of drug-likeness (QED) is 0.281. The third-order valence-electron chi connectivity index (χ3n) is 4.87. The van der Waals surface area contributed by atoms with E-state index < -0.39 is 11.0 Å². The lowest BCUT2D eigenvalue weighted by molar-refractivity contribution is -0.384. The number of nitrogens with one attached hydrogen (secondary N) is 2. The molecule has 1 atom stereocenters. The molecule has 4 aromatic carbocycles. The van der Waals surface area contributed by atoms with Crippen LogP contribution in [-0.2, 0) is 4.79 Å². The number of anilines is 2. The van der Waals surface area contributed by atoms with Crippen LogP contribution in [0.25, 0.3) is 10.8 Å². The van der Waals surface area contributed by atoms with E-state index in [0.717, 1.165) is 22.0 Å². The molecule has 0 heterocycles. The highest BCUT2D eigenvalue weighted by atomic mass is 35.5. The first kappa shape index (κ1) is 20.4. The minimum absolute atomic E-state index is 0.0110. The third-order valence-corrected chi connectivity index (χ3v) is 5.19. The van der Waals surface area contributed by atoms with Crippen molar-refractivity contribution in [2.45, 2.75) is 6.04 Å². The minimum Gasteiger partial charge on any atom is -0.370 e. The molecule has 0 aliphatic rings. The first-order valence-electron chi connectivity index (χ1n) is 9.56. The maximum atomic E-state index is 13.2. The van der Waals surface area contributed by atoms with Gasteiger partial charge >= 0.3 is 0 Å². The maximum Gasteiger partial charge on any atom is 0.289 e. The number of nitro benzene ring substituents is 1. The van der Waals surface area contributed by atoms with Gasteiger partial charge in [-0.1, -0.05) is 72.3 Å². The van der Waals surface area contributed by atoms with Crippen molar-refractivity contribution < 1.29 is 9.72 Å². The molecule has 1 amide bonds. The van der Waals surface area contributed by atoms with Crippen molar-refractivity contribution >= 4 is 45.3 Å². The van der Waals surface area contributed by atoms with Crippen molar-refractivity contribution in [3.05, 3.63) is 112 Å². The fourth-order valence-electron chi connectivity index (χ4n) is 3.34. The molecule has 0 aliphatic carbocycles. The van der Waals surface area contributed by atoms with Crippen LogP contribution in [0.2, 0.25) is 5.02 Å². The zero-order chi connectivity index (χ0) is 21.8. The van der Waals surface area contributed by atoms with E-state index in [-0.39, 0.29) is 16.6 Å². The van der Waals surface area contributed by atoms with Gasteiger partial charge in [-0.2, -0.15) is 0 Å². The van der Waals surface area contributed by atoms with Gasteiger partial charge in [0.15, 0.2) is 0 Å². The van der Waals surface area contributed by atoms with Gasteiger partial charge in [0.1, 0.15) is 11.1 Å². The Hall–Kier alpha value is -3.90. The Morgan fingerprint density at radius 1 is 0.839 bits per heavy atom. The van der Waals surface area contributed by atoms with Crippen LogP contribution in [0.1, 0.15) is 11.6 Å². The van der Waals surface area contributed by atoms with Gasteiger partial charge in [0.25, 0.3) is 11.6 Å². The van der Waals surface area contributed by atoms with Gasteiger partial charge < -0.3 is 10.6 Å². The van der Waals surface area contributed by atoms with Crippen molar-refractivity contribution in [3.63, 3.8) is 0 Å². The maximum absolute atomic E-state index is 13.2. The van der Waals surface area contributed by atoms with E-state index in [4.69, 9.17) is 11.6 Å². The van der Waals surface area contributed by atoms with Crippen LogP contribution in [0.15, 0.2) is 91.0 Å². The summed E-state index contributed by atoms with van der Waals surface area (Å²) in [4.78, 5) is 23.7. The summed E-state index contributed by atoms with van der Waals surface area (Å²) in [5, 5.41) is 19.4. The van der Waals surface area contributed by atoms with E-state index in [2.05, 4.69) is 10.6 Å². The Morgan fingerprint density at radius 3 is 2.26 bits per heavy atom. The molecule has 2 N–H and O–H groups in total. The van der Waals surface area contributed by atoms with E-state index in [1.54, 1.807) is 0 Å². The average Bonchev–Trinajstić information content (AvgIpc) is 2.79. The minimum atomic E-state index is -0.711. The molecular formula is C24H18ClN3O3. The summed E-state index contributed by atoms with van der Waals surface area (Å²) >= 11 is 5.87. The molecule has 0 aliphatic heterocycles. The van der Waals surface area contributed by atoms with E-state index in [1.807, 2.05) is 72.8 Å². The molecule has 6 nitrogen and oxygen atoms in total. The number of rotatable bonds is 6. The molecule has 154 valence electrons. The predicted molar refractivity (Wildman–Crippen MR) is 123 cm³/mol. The largest absolute Gasteiger partial charge is 0.370 e. The Bertz CT molecular complexity index is 1260. The number of amides is 1. The molecule has 0 aromatic heterocycles. The van der Waals surface area contributed by atoms with Crippen LogP contribution in [0, 0.1) is 10.1 Å². The van der Waals surface area contributed by atoms with Gasteiger partial charge in [0, 0.05) is 17.4 Å². The highest BCUT2D eigenvalue weighted by Gasteiger charge is 2.22. The first-order chi connectivity index (χ1) is 15.0. The molecule has 4 aromatic rings. The number of carbonyl (C=O) groups is 1. The van der Waals surface area contributed by atoms with Gasteiger partial charge in [-0.3, -0.25) is 14.9 Å². The highest BCUT2D eigenvalue weighted by Crippen LogP contribution is 2.29. The first-order valence-corrected chi connectivity index (χ1v) is 9.94. The summed E-state index contributed by atoms with van der Waals surface area (Å²) in [6, 6.07) is 26.6. The van der Waals surface area contributed by atoms with Crippen molar-refractivity contribution in [2.24, 2.45) is 0 Å². The summed E-state index contributed by atoms with van der Waals surface area (Å²) < 4.78 is 0. The summed E-state index contributed by atoms with van der Waals surface area (Å²) in [5.41, 5.74) is 1.57. The number of hydrogen-bond donors (Lipinski definition) is 2. The number of benzene rings is 4. The predicted octanol–water partition coefficient (Wildman–Crippen LogP) is 6.19. The Balaban J connectivity index is 1.64. The molecule has 0 fully saturated rings. The summed E-state index contributed by atoms with van der Waals surface area (Å²) in [7, 11) is 0. The zero-order valence-electron chi connectivity index (χ0n) is 16.3. The topological polar surface area (TPSA) is 84.3 Å². The third kappa shape index (κ3) is 4.65. The molecule has 0 unspecified atom stereocenters. The summed E-state index contributed by atoms with van der Waals surface area (Å²) in [6.07, 6.45) is 0. The van der Waals surface area contributed by atoms with Crippen molar-refractivity contribution in [1.82, 2.24) is 0 Å². The molecule has 4 rings (SSSR count). The normalized spacial score (nSPS) is 11.6. The van der Waals surface area contributed by atoms with E-state index >= 15 is 0 Å². The standard InChI is InChI=1S/C24H18ClN3O3/c25-21-13-12-20(15-22(21)28(30)31)27-24(29)23(17-7-2-1-3-8-17)26-19-11-10-16-6-4-5-9-18(16)14-19/h1-15,23,26H,(H,27,29)/t23-/m0/s1. The fourth-order valence-corrected chi connectivity index (χ4v) is 3.52. The number of hydrogen-bond acceptors (Lipinski definition) is 4. The average molecular weight is 432 g/mol. The number of halogens is 1. The molecule has 0 radical (unpaired) electrons. The molecule has 0 saturated heterocycles. The molecule has 0 bridgehead atoms. The number of fused-ring (bicyclic) bond motifs is 1. The number of nitro groups is 1. The van der Waals surface area contributed by atoms with Crippen molar-refractivity contribution in [3.8, 4) is 0 Å². The van der Waals surface area contributed by atoms with Crippen LogP contribution < -0.4 is 10.6 Å². The van der Waals surface area contributed by atoms with Crippen molar-refractivity contribution in [2.75, 3.05) is 10.6 Å². The van der Waals surface area contributed by atoms with Crippen molar-refractivity contribution in [1.29, 1.82) is 0 Å². The Morgan fingerprint density at radius 2 is 1.52 bits per heavy atom. The molecule has 31 heavy (non-hydrogen) atoms. The molecule has 7 heteroatoms. The molecule has 0 saturated carbocycles. The van der Waals surface area contributed by atoms with E-state index in [1.165, 1.54) is 18.2 Å². The van der Waals surface area contributed by atoms with Crippen LogP contribution >= 0.6 is 11.6 Å². The Labute approximate surface area is 183 Å². The van der Waals surface area contributed by atoms with Gasteiger partial charge in [0.2, 0.25) is 0 Å². The van der Waals surface area contributed by atoms with E-state index in [0.29, 0.717) is 5.69 Å². The lowest BCUT2D eigenvalue weighted by atomic mass is 10.0. The molecule has 0 spiro atoms. The summed E-state index contributed by atoms with van der Waals surface area (Å²) in [6.45, 7) is 0. The van der Waals surface area contributed by atoms with Gasteiger partial charge in [-0.05, 0) is 40.6 Å². The smallest absolute Gasteiger partial charge is 0.289 e.